The van der Waals surface area contributed by atoms with E-state index in [1.54, 1.807) is 26.0 Å². The topological polar surface area (TPSA) is 144 Å². The van der Waals surface area contributed by atoms with Crippen molar-refractivity contribution >= 4 is 23.7 Å². The highest BCUT2D eigenvalue weighted by atomic mass is 19.4. The maximum Gasteiger partial charge on any atom is 0.416 e. The van der Waals surface area contributed by atoms with Gasteiger partial charge in [0.25, 0.3) is 0 Å². The molecule has 1 aliphatic rings. The number of halogens is 3. The second-order valence-electron chi connectivity index (χ2n) is 10.3. The molecule has 2 N–H and O–H groups in total. The van der Waals surface area contributed by atoms with Crippen LogP contribution in [0.15, 0.2) is 59.1 Å². The first-order chi connectivity index (χ1) is 20.4. The van der Waals surface area contributed by atoms with E-state index in [1.807, 2.05) is 18.2 Å². The predicted octanol–water partition coefficient (Wildman–Crippen LogP) is 3.53. The van der Waals surface area contributed by atoms with Crippen LogP contribution in [0.1, 0.15) is 53.5 Å². The van der Waals surface area contributed by atoms with Crippen LogP contribution in [-0.2, 0) is 33.5 Å². The predicted molar refractivity (Wildman–Crippen MR) is 144 cm³/mol. The molecular weight excluding hydrogens is 571 g/mol. The minimum atomic E-state index is -4.51. The van der Waals surface area contributed by atoms with Crippen molar-refractivity contribution in [2.75, 3.05) is 13.1 Å². The van der Waals surface area contributed by atoms with Gasteiger partial charge in [0, 0.05) is 6.54 Å². The van der Waals surface area contributed by atoms with Gasteiger partial charge < -0.3 is 24.8 Å². The summed E-state index contributed by atoms with van der Waals surface area (Å²) >= 11 is 0. The van der Waals surface area contributed by atoms with Gasteiger partial charge >= 0.3 is 12.3 Å². The van der Waals surface area contributed by atoms with Gasteiger partial charge in [0.15, 0.2) is 0 Å². The lowest BCUT2D eigenvalue weighted by molar-refractivity contribution is -0.137. The fourth-order valence-corrected chi connectivity index (χ4v) is 4.46. The van der Waals surface area contributed by atoms with Crippen molar-refractivity contribution in [3.05, 3.63) is 83.0 Å². The van der Waals surface area contributed by atoms with E-state index in [0.29, 0.717) is 0 Å². The fourth-order valence-electron chi connectivity index (χ4n) is 4.46. The molecule has 3 amide bonds. The van der Waals surface area contributed by atoms with Crippen LogP contribution in [-0.4, -0.2) is 63.9 Å². The van der Waals surface area contributed by atoms with Gasteiger partial charge in [-0.3, -0.25) is 14.4 Å². The van der Waals surface area contributed by atoms with Gasteiger partial charge in [0.2, 0.25) is 29.3 Å². The Hall–Kier alpha value is -4.75. The summed E-state index contributed by atoms with van der Waals surface area (Å²) in [6, 6.07) is 11.7. The minimum absolute atomic E-state index is 0.0391. The second kappa shape index (κ2) is 13.5. The van der Waals surface area contributed by atoms with Gasteiger partial charge in [-0.25, -0.2) is 4.79 Å². The van der Waals surface area contributed by atoms with Crippen molar-refractivity contribution in [3.63, 3.8) is 0 Å². The number of aromatic nitrogens is 2. The molecule has 0 saturated carbocycles. The highest BCUT2D eigenvalue weighted by Gasteiger charge is 2.36. The maximum atomic E-state index is 13.1. The van der Waals surface area contributed by atoms with Crippen molar-refractivity contribution in [3.8, 4) is 0 Å². The van der Waals surface area contributed by atoms with Gasteiger partial charge in [0.05, 0.1) is 24.6 Å². The molecule has 4 rings (SSSR count). The zero-order chi connectivity index (χ0) is 31.1. The quantitative estimate of drug-likeness (QED) is 0.318. The van der Waals surface area contributed by atoms with Crippen LogP contribution in [0.5, 0.6) is 0 Å². The molecule has 2 aromatic carbocycles. The summed E-state index contributed by atoms with van der Waals surface area (Å²) in [5.74, 6) is -2.53. The molecule has 0 radical (unpaired) electrons. The van der Waals surface area contributed by atoms with Crippen LogP contribution in [0.2, 0.25) is 0 Å². The third-order valence-corrected chi connectivity index (χ3v) is 6.70. The summed E-state index contributed by atoms with van der Waals surface area (Å²) in [4.78, 5) is 56.1. The van der Waals surface area contributed by atoms with E-state index < -0.39 is 53.4 Å². The number of rotatable bonds is 11. The first-order valence-corrected chi connectivity index (χ1v) is 13.5. The third-order valence-electron chi connectivity index (χ3n) is 6.70. The summed E-state index contributed by atoms with van der Waals surface area (Å²) in [5.41, 5.74) is 0.222. The normalized spacial score (nSPS) is 15.8. The van der Waals surface area contributed by atoms with E-state index in [2.05, 4.69) is 20.8 Å². The Bertz CT molecular complexity index is 1460. The minimum Gasteiger partial charge on any atom is -0.445 e. The molecule has 0 aliphatic carbocycles. The summed E-state index contributed by atoms with van der Waals surface area (Å²) in [5, 5.41) is 8.76. The maximum absolute atomic E-state index is 13.1. The standard InChI is InChI=1S/C29H30F3N5O6/c1-17(2)24(25(39)26-35-23(43-36-26)14-19-9-6-10-20(13-19)29(30,31)32)34-22(38)15-37-12-11-21(27(37)40)33-28(41)42-16-18-7-4-3-5-8-18/h3-10,13,17,21,24H,11-12,14-16H2,1-2H3,(H,33,41)(H,34,38)/t21?,24-/m0/s1. The number of hydrogen-bond donors (Lipinski definition) is 2. The average molecular weight is 602 g/mol. The molecule has 1 fully saturated rings. The molecule has 2 heterocycles. The zero-order valence-corrected chi connectivity index (χ0v) is 23.4. The number of carbonyl (C=O) groups is 4. The van der Waals surface area contributed by atoms with Crippen molar-refractivity contribution in [1.82, 2.24) is 25.7 Å². The number of benzene rings is 2. The number of carbonyl (C=O) groups excluding carboxylic acids is 4. The SMILES string of the molecule is CC(C)[C@H](NC(=O)CN1CCC(NC(=O)OCc2ccccc2)C1=O)C(=O)c1noc(Cc2cccc(C(F)(F)F)c2)n1. The second-order valence-corrected chi connectivity index (χ2v) is 10.3. The molecule has 1 unspecified atom stereocenters. The van der Waals surface area contributed by atoms with E-state index in [4.69, 9.17) is 9.26 Å². The van der Waals surface area contributed by atoms with E-state index in [9.17, 15) is 32.3 Å². The lowest BCUT2D eigenvalue weighted by Gasteiger charge is -2.22. The molecule has 1 saturated heterocycles. The Morgan fingerprint density at radius 2 is 1.81 bits per heavy atom. The third kappa shape index (κ3) is 8.40. The largest absolute Gasteiger partial charge is 0.445 e. The molecule has 1 aliphatic heterocycles. The van der Waals surface area contributed by atoms with Crippen LogP contribution >= 0.6 is 0 Å². The monoisotopic (exact) mass is 601 g/mol. The lowest BCUT2D eigenvalue weighted by atomic mass is 9.99. The molecule has 11 nitrogen and oxygen atoms in total. The average Bonchev–Trinajstić information content (AvgIpc) is 3.57. The number of Topliss-reactive ketones (excluding diaryl/α,β-unsaturated/α-hetero) is 1. The molecule has 14 heteroatoms. The molecule has 3 aromatic rings. The number of ketones is 1. The summed E-state index contributed by atoms with van der Waals surface area (Å²) in [7, 11) is 0. The Balaban J connectivity index is 1.29. The van der Waals surface area contributed by atoms with Crippen molar-refractivity contribution in [2.24, 2.45) is 5.92 Å². The molecule has 228 valence electrons. The van der Waals surface area contributed by atoms with Crippen molar-refractivity contribution in [2.45, 2.75) is 51.6 Å². The molecular formula is C29H30F3N5O6. The van der Waals surface area contributed by atoms with E-state index >= 15 is 0 Å². The number of nitrogens with zero attached hydrogens (tertiary/aromatic N) is 3. The molecule has 0 bridgehead atoms. The van der Waals surface area contributed by atoms with Crippen LogP contribution in [0, 0.1) is 5.92 Å². The number of nitrogens with one attached hydrogen (secondary N) is 2. The Kier molecular flexibility index (Phi) is 9.78. The van der Waals surface area contributed by atoms with E-state index in [-0.39, 0.29) is 49.8 Å². The Morgan fingerprint density at radius 1 is 1.09 bits per heavy atom. The van der Waals surface area contributed by atoms with Crippen LogP contribution in [0.3, 0.4) is 0 Å². The first-order valence-electron chi connectivity index (χ1n) is 13.5. The number of ether oxygens (including phenoxy) is 1. The first kappa shape index (κ1) is 31.2. The number of hydrogen-bond acceptors (Lipinski definition) is 8. The number of amides is 3. The summed E-state index contributed by atoms with van der Waals surface area (Å²) < 4.78 is 49.3. The zero-order valence-electron chi connectivity index (χ0n) is 23.4. The fraction of sp³-hybridized carbons (Fsp3) is 0.379. The molecule has 1 aromatic heterocycles. The van der Waals surface area contributed by atoms with E-state index in [1.165, 1.54) is 17.0 Å². The Morgan fingerprint density at radius 3 is 2.51 bits per heavy atom. The van der Waals surface area contributed by atoms with Crippen molar-refractivity contribution < 1.29 is 41.6 Å². The van der Waals surface area contributed by atoms with Gasteiger partial charge in [-0.15, -0.1) is 0 Å². The number of likely N-dealkylation sites (tertiary alicyclic amines) is 1. The van der Waals surface area contributed by atoms with Gasteiger partial charge in [0.1, 0.15) is 12.6 Å². The van der Waals surface area contributed by atoms with Gasteiger partial charge in [-0.05, 0) is 29.5 Å². The number of alkyl carbamates (subject to hydrolysis) is 1. The van der Waals surface area contributed by atoms with Crippen LogP contribution in [0.4, 0.5) is 18.0 Å². The molecule has 0 spiro atoms. The highest BCUT2D eigenvalue weighted by molar-refractivity contribution is 6.00. The molecule has 43 heavy (non-hydrogen) atoms. The summed E-state index contributed by atoms with van der Waals surface area (Å²) in [6.45, 7) is 3.28. The molecule has 2 atom stereocenters. The smallest absolute Gasteiger partial charge is 0.416 e. The van der Waals surface area contributed by atoms with Crippen molar-refractivity contribution in [1.29, 1.82) is 0 Å². The summed E-state index contributed by atoms with van der Waals surface area (Å²) in [6.07, 6.45) is -5.13. The van der Waals surface area contributed by atoms with Gasteiger partial charge in [-0.1, -0.05) is 67.5 Å². The van der Waals surface area contributed by atoms with E-state index in [0.717, 1.165) is 17.7 Å². The number of alkyl halides is 3. The van der Waals surface area contributed by atoms with Gasteiger partial charge in [-0.2, -0.15) is 18.2 Å². The van der Waals surface area contributed by atoms with Crippen LogP contribution in [0.25, 0.3) is 0 Å². The lowest BCUT2D eigenvalue weighted by Crippen LogP contribution is -2.49. The van der Waals surface area contributed by atoms with Crippen LogP contribution < -0.4 is 10.6 Å². The highest BCUT2D eigenvalue weighted by Crippen LogP contribution is 2.30. The Labute approximate surface area is 244 Å².